The third-order valence-corrected chi connectivity index (χ3v) is 13.6. The standard InChI is InChI=1S/C39H48FN5O6S/c1-24(2)45-32-18-12-16-30(40)33(32)42-37(45)51-27-21-28-29(22-27)35(47)43-39(36(48)44-52(49,50)38(3)19-20-38)23-25(39)13-8-5-4-6-11-17-31(34(28)46)41-26-14-9-7-10-15-26/h7-10,12-16,18,24-25,27-29,31,41H,4-6,11,17,19-23H2,1-3H3,(H,43,47)(H,44,48)/b13-8-/t25-,27+,28?,29-,31+,39-/m1/s1. The molecule has 11 nitrogen and oxygen atoms in total. The van der Waals surface area contributed by atoms with Crippen molar-refractivity contribution in [3.05, 3.63) is 66.5 Å². The molecule has 0 bridgehead atoms. The zero-order valence-corrected chi connectivity index (χ0v) is 30.8. The number of carbonyl (C=O) groups excluding carboxylic acids is 3. The van der Waals surface area contributed by atoms with E-state index in [2.05, 4.69) is 20.3 Å². The quantitative estimate of drug-likeness (QED) is 0.240. The van der Waals surface area contributed by atoms with E-state index in [1.54, 1.807) is 19.1 Å². The van der Waals surface area contributed by atoms with Gasteiger partial charge in [-0.2, -0.15) is 4.98 Å². The maximum atomic E-state index is 14.8. The van der Waals surface area contributed by atoms with Crippen LogP contribution < -0.4 is 20.1 Å². The minimum atomic E-state index is -3.96. The van der Waals surface area contributed by atoms with E-state index in [0.717, 1.165) is 31.4 Å². The highest BCUT2D eigenvalue weighted by molar-refractivity contribution is 7.91. The van der Waals surface area contributed by atoms with Crippen LogP contribution >= 0.6 is 0 Å². The summed E-state index contributed by atoms with van der Waals surface area (Å²) in [4.78, 5) is 47.5. The number of halogens is 1. The van der Waals surface area contributed by atoms with Crippen molar-refractivity contribution < 1.29 is 31.9 Å². The van der Waals surface area contributed by atoms with E-state index in [4.69, 9.17) is 4.74 Å². The Bertz CT molecular complexity index is 1990. The van der Waals surface area contributed by atoms with Gasteiger partial charge in [-0.05, 0) is 96.4 Å². The van der Waals surface area contributed by atoms with E-state index >= 15 is 0 Å². The number of allylic oxidation sites excluding steroid dienone is 1. The minimum Gasteiger partial charge on any atom is -0.461 e. The van der Waals surface area contributed by atoms with E-state index in [-0.39, 0.29) is 48.5 Å². The molecule has 6 atom stereocenters. The number of imidazole rings is 1. The van der Waals surface area contributed by atoms with Crippen LogP contribution in [-0.2, 0) is 24.4 Å². The molecule has 278 valence electrons. The number of hydrogen-bond donors (Lipinski definition) is 3. The Morgan fingerprint density at radius 2 is 1.79 bits per heavy atom. The molecule has 2 amide bonds. The molecule has 3 aromatic rings. The van der Waals surface area contributed by atoms with Crippen LogP contribution in [-0.4, -0.2) is 58.0 Å². The van der Waals surface area contributed by atoms with E-state index in [1.165, 1.54) is 6.07 Å². The average Bonchev–Trinajstić information content (AvgIpc) is 3.92. The molecule has 3 saturated carbocycles. The number of hydrogen-bond acceptors (Lipinski definition) is 8. The van der Waals surface area contributed by atoms with Crippen molar-refractivity contribution in [2.75, 3.05) is 5.32 Å². The Balaban J connectivity index is 1.21. The van der Waals surface area contributed by atoms with Crippen molar-refractivity contribution in [2.24, 2.45) is 17.8 Å². The third kappa shape index (κ3) is 6.95. The molecular weight excluding hydrogens is 686 g/mol. The molecule has 1 unspecified atom stereocenters. The Kier molecular flexibility index (Phi) is 9.68. The second-order valence-electron chi connectivity index (χ2n) is 15.6. The first-order valence-corrected chi connectivity index (χ1v) is 20.0. The van der Waals surface area contributed by atoms with Gasteiger partial charge in [-0.15, -0.1) is 0 Å². The lowest BCUT2D eigenvalue weighted by molar-refractivity contribution is -0.135. The summed E-state index contributed by atoms with van der Waals surface area (Å²) in [5.41, 5.74) is 0.0941. The van der Waals surface area contributed by atoms with Gasteiger partial charge in [-0.25, -0.2) is 12.8 Å². The van der Waals surface area contributed by atoms with Gasteiger partial charge < -0.3 is 15.4 Å². The largest absolute Gasteiger partial charge is 0.461 e. The van der Waals surface area contributed by atoms with Crippen molar-refractivity contribution in [3.8, 4) is 6.01 Å². The number of ketones is 1. The number of amides is 2. The maximum Gasteiger partial charge on any atom is 0.297 e. The molecule has 7 rings (SSSR count). The highest BCUT2D eigenvalue weighted by atomic mass is 32.2. The van der Waals surface area contributed by atoms with E-state index < -0.39 is 61.9 Å². The summed E-state index contributed by atoms with van der Waals surface area (Å²) >= 11 is 0. The summed E-state index contributed by atoms with van der Waals surface area (Å²) in [6, 6.07) is 13.7. The van der Waals surface area contributed by atoms with Gasteiger partial charge in [0.1, 0.15) is 17.2 Å². The topological polar surface area (TPSA) is 148 Å². The van der Waals surface area contributed by atoms with Crippen LogP contribution in [0.3, 0.4) is 0 Å². The van der Waals surface area contributed by atoms with Crippen LogP contribution in [0.15, 0.2) is 60.7 Å². The molecule has 1 aliphatic heterocycles. The monoisotopic (exact) mass is 733 g/mol. The van der Waals surface area contributed by atoms with Crippen molar-refractivity contribution >= 4 is 44.3 Å². The number of para-hydroxylation sites is 2. The Morgan fingerprint density at radius 1 is 1.04 bits per heavy atom. The van der Waals surface area contributed by atoms with Gasteiger partial charge in [-0.1, -0.05) is 49.3 Å². The van der Waals surface area contributed by atoms with Crippen LogP contribution in [0.25, 0.3) is 11.0 Å². The minimum absolute atomic E-state index is 0.120. The van der Waals surface area contributed by atoms with Crippen molar-refractivity contribution in [1.82, 2.24) is 19.6 Å². The number of nitrogens with zero attached hydrogens (tertiary/aromatic N) is 2. The lowest BCUT2D eigenvalue weighted by atomic mass is 9.85. The summed E-state index contributed by atoms with van der Waals surface area (Å²) in [5.74, 6) is -3.88. The lowest BCUT2D eigenvalue weighted by Gasteiger charge is -2.27. The zero-order chi connectivity index (χ0) is 36.8. The van der Waals surface area contributed by atoms with Gasteiger partial charge in [0.15, 0.2) is 11.6 Å². The Hall–Kier alpha value is -4.26. The number of aromatic nitrogens is 2. The molecule has 2 heterocycles. The molecule has 0 spiro atoms. The van der Waals surface area contributed by atoms with Gasteiger partial charge in [-0.3, -0.25) is 23.7 Å². The normalized spacial score (nSPS) is 29.6. The number of benzene rings is 2. The highest BCUT2D eigenvalue weighted by Crippen LogP contribution is 2.48. The van der Waals surface area contributed by atoms with Gasteiger partial charge in [0, 0.05) is 23.6 Å². The number of rotatable bonds is 8. The first kappa shape index (κ1) is 36.1. The fourth-order valence-corrected chi connectivity index (χ4v) is 9.20. The molecule has 1 aromatic heterocycles. The number of sulfonamides is 1. The number of carbonyl (C=O) groups is 3. The molecule has 0 radical (unpaired) electrons. The molecule has 0 saturated heterocycles. The van der Waals surface area contributed by atoms with Crippen LogP contribution in [0.5, 0.6) is 6.01 Å². The van der Waals surface area contributed by atoms with E-state index in [1.807, 2.05) is 60.9 Å². The molecule has 2 aromatic carbocycles. The van der Waals surface area contributed by atoms with Gasteiger partial charge in [0.25, 0.3) is 11.9 Å². The van der Waals surface area contributed by atoms with Crippen molar-refractivity contribution in [3.63, 3.8) is 0 Å². The van der Waals surface area contributed by atoms with Gasteiger partial charge in [0.05, 0.1) is 22.2 Å². The summed E-state index contributed by atoms with van der Waals surface area (Å²) in [5, 5.41) is 6.39. The summed E-state index contributed by atoms with van der Waals surface area (Å²) in [7, 11) is -3.96. The summed E-state index contributed by atoms with van der Waals surface area (Å²) in [6.07, 6.45) is 8.72. The number of fused-ring (bicyclic) bond motifs is 3. The number of ether oxygens (including phenoxy) is 1. The zero-order valence-electron chi connectivity index (χ0n) is 29.9. The predicted octanol–water partition coefficient (Wildman–Crippen LogP) is 5.97. The SMILES string of the molecule is CC(C)n1c(O[C@H]2CC3C(=O)[C@@H](Nc4ccccc4)CCCCC/C=C\[C@@H]4C[C@@]4(C(=O)NS(=O)(=O)C4(C)CC4)NC(=O)[C@@H]3C2)nc2c(F)cccc21. The van der Waals surface area contributed by atoms with Crippen LogP contribution in [0.2, 0.25) is 0 Å². The molecule has 4 aliphatic rings. The average molecular weight is 734 g/mol. The van der Waals surface area contributed by atoms with Crippen LogP contribution in [0.4, 0.5) is 10.1 Å². The molecule has 13 heteroatoms. The Labute approximate surface area is 304 Å². The number of Topliss-reactive ketones (excluding diaryl/α,β-unsaturated/α-hetero) is 1. The second-order valence-corrected chi connectivity index (χ2v) is 17.8. The number of anilines is 1. The van der Waals surface area contributed by atoms with E-state index in [0.29, 0.717) is 24.8 Å². The second kappa shape index (κ2) is 13.9. The molecule has 3 fully saturated rings. The first-order valence-electron chi connectivity index (χ1n) is 18.6. The Morgan fingerprint density at radius 3 is 2.52 bits per heavy atom. The van der Waals surface area contributed by atoms with Crippen molar-refractivity contribution in [1.29, 1.82) is 0 Å². The predicted molar refractivity (Wildman–Crippen MR) is 195 cm³/mol. The molecule has 52 heavy (non-hydrogen) atoms. The van der Waals surface area contributed by atoms with E-state index in [9.17, 15) is 27.2 Å². The van der Waals surface area contributed by atoms with Crippen LogP contribution in [0.1, 0.15) is 91.0 Å². The summed E-state index contributed by atoms with van der Waals surface area (Å²) < 4.78 is 50.7. The summed E-state index contributed by atoms with van der Waals surface area (Å²) in [6.45, 7) is 5.50. The third-order valence-electron chi connectivity index (χ3n) is 11.4. The molecular formula is C39H48FN5O6S. The highest BCUT2D eigenvalue weighted by Gasteiger charge is 2.63. The fraction of sp³-hybridized carbons (Fsp3) is 0.538. The molecule has 3 aliphatic carbocycles. The van der Waals surface area contributed by atoms with Gasteiger partial charge in [0.2, 0.25) is 15.9 Å². The molecule has 3 N–H and O–H groups in total. The van der Waals surface area contributed by atoms with Crippen LogP contribution in [0, 0.1) is 23.6 Å². The smallest absolute Gasteiger partial charge is 0.297 e. The first-order chi connectivity index (χ1) is 24.8. The maximum absolute atomic E-state index is 14.8. The fourth-order valence-electron chi connectivity index (χ4n) is 7.89. The van der Waals surface area contributed by atoms with Crippen molar-refractivity contribution in [2.45, 2.75) is 113 Å². The number of nitrogens with one attached hydrogen (secondary N) is 3. The lowest BCUT2D eigenvalue weighted by Crippen LogP contribution is -2.55. The van der Waals surface area contributed by atoms with Gasteiger partial charge >= 0.3 is 0 Å².